The van der Waals surface area contributed by atoms with Gasteiger partial charge in [-0.05, 0) is 18.2 Å². The number of amidine groups is 1. The minimum atomic E-state index is -0.0679. The van der Waals surface area contributed by atoms with Crippen LogP contribution in [0.5, 0.6) is 11.6 Å². The van der Waals surface area contributed by atoms with Gasteiger partial charge in [0.15, 0.2) is 5.84 Å². The molecular formula is C11H10N4O2. The van der Waals surface area contributed by atoms with Gasteiger partial charge in [0.05, 0.1) is 6.20 Å². The Hall–Kier alpha value is -2.63. The van der Waals surface area contributed by atoms with Gasteiger partial charge in [-0.3, -0.25) is 4.98 Å². The second kappa shape index (κ2) is 4.93. The number of pyridine rings is 2. The van der Waals surface area contributed by atoms with Crippen LogP contribution in [-0.2, 0) is 0 Å². The summed E-state index contributed by atoms with van der Waals surface area (Å²) in [6.45, 7) is 0. The minimum absolute atomic E-state index is 0.0679. The molecule has 0 aliphatic carbocycles. The molecule has 0 saturated carbocycles. The van der Waals surface area contributed by atoms with Crippen molar-refractivity contribution >= 4 is 5.84 Å². The monoisotopic (exact) mass is 230 g/mol. The summed E-state index contributed by atoms with van der Waals surface area (Å²) in [6.07, 6.45) is 3.21. The molecule has 0 atom stereocenters. The van der Waals surface area contributed by atoms with Gasteiger partial charge in [0.25, 0.3) is 0 Å². The van der Waals surface area contributed by atoms with Crippen LogP contribution in [0.2, 0.25) is 0 Å². The van der Waals surface area contributed by atoms with Crippen molar-refractivity contribution in [1.29, 1.82) is 0 Å². The van der Waals surface area contributed by atoms with Crippen molar-refractivity contribution < 1.29 is 9.94 Å². The summed E-state index contributed by atoms with van der Waals surface area (Å²) in [5.41, 5.74) is 5.77. The van der Waals surface area contributed by atoms with E-state index in [0.29, 0.717) is 17.3 Å². The third-order valence-electron chi connectivity index (χ3n) is 1.95. The average molecular weight is 230 g/mol. The highest BCUT2D eigenvalue weighted by Gasteiger charge is 2.03. The zero-order chi connectivity index (χ0) is 12.1. The Balaban J connectivity index is 2.23. The van der Waals surface area contributed by atoms with E-state index in [1.165, 1.54) is 0 Å². The van der Waals surface area contributed by atoms with Crippen LogP contribution >= 0.6 is 0 Å². The van der Waals surface area contributed by atoms with Crippen LogP contribution in [-0.4, -0.2) is 21.0 Å². The van der Waals surface area contributed by atoms with Crippen molar-refractivity contribution in [3.63, 3.8) is 0 Å². The van der Waals surface area contributed by atoms with Crippen molar-refractivity contribution in [2.75, 3.05) is 0 Å². The Morgan fingerprint density at radius 1 is 1.29 bits per heavy atom. The number of aromatic nitrogens is 2. The first-order valence-electron chi connectivity index (χ1n) is 4.82. The molecule has 2 aromatic rings. The molecule has 0 amide bonds. The molecule has 86 valence electrons. The summed E-state index contributed by atoms with van der Waals surface area (Å²) in [5.74, 6) is 0.848. The molecule has 3 N–H and O–H groups in total. The fourth-order valence-corrected chi connectivity index (χ4v) is 1.19. The fraction of sp³-hybridized carbons (Fsp3) is 0. The zero-order valence-electron chi connectivity index (χ0n) is 8.82. The van der Waals surface area contributed by atoms with Gasteiger partial charge in [-0.1, -0.05) is 11.2 Å². The molecule has 0 spiro atoms. The van der Waals surface area contributed by atoms with Gasteiger partial charge in [0, 0.05) is 12.3 Å². The van der Waals surface area contributed by atoms with E-state index < -0.39 is 0 Å². The first-order chi connectivity index (χ1) is 8.29. The lowest BCUT2D eigenvalue weighted by Gasteiger charge is -2.05. The highest BCUT2D eigenvalue weighted by molar-refractivity contribution is 5.95. The Labute approximate surface area is 97.4 Å². The Bertz CT molecular complexity index is 528. The summed E-state index contributed by atoms with van der Waals surface area (Å²) in [4.78, 5) is 7.99. The van der Waals surface area contributed by atoms with E-state index in [0.717, 1.165) is 0 Å². The van der Waals surface area contributed by atoms with Crippen molar-refractivity contribution in [3.8, 4) is 11.6 Å². The first-order valence-corrected chi connectivity index (χ1v) is 4.82. The number of oxime groups is 1. The van der Waals surface area contributed by atoms with Crippen molar-refractivity contribution in [2.45, 2.75) is 0 Å². The van der Waals surface area contributed by atoms with E-state index in [1.54, 1.807) is 42.7 Å². The van der Waals surface area contributed by atoms with Crippen molar-refractivity contribution in [3.05, 3.63) is 48.4 Å². The SMILES string of the molecule is NC(=NO)c1cccc(Oc2cccnc2)n1. The molecule has 6 heteroatoms. The summed E-state index contributed by atoms with van der Waals surface area (Å²) >= 11 is 0. The van der Waals surface area contributed by atoms with E-state index >= 15 is 0 Å². The molecule has 0 radical (unpaired) electrons. The predicted molar refractivity (Wildman–Crippen MR) is 61.1 cm³/mol. The van der Waals surface area contributed by atoms with Gasteiger partial charge in [-0.25, -0.2) is 4.98 Å². The predicted octanol–water partition coefficient (Wildman–Crippen LogP) is 1.36. The smallest absolute Gasteiger partial charge is 0.219 e. The topological polar surface area (TPSA) is 93.6 Å². The Morgan fingerprint density at radius 2 is 2.18 bits per heavy atom. The van der Waals surface area contributed by atoms with Crippen LogP contribution in [0.15, 0.2) is 47.9 Å². The van der Waals surface area contributed by atoms with Gasteiger partial charge in [-0.2, -0.15) is 0 Å². The van der Waals surface area contributed by atoms with E-state index in [9.17, 15) is 0 Å². The molecule has 2 heterocycles. The molecule has 0 unspecified atom stereocenters. The van der Waals surface area contributed by atoms with Crippen LogP contribution in [0.1, 0.15) is 5.69 Å². The van der Waals surface area contributed by atoms with Gasteiger partial charge < -0.3 is 15.7 Å². The maximum Gasteiger partial charge on any atom is 0.219 e. The number of nitrogens with zero attached hydrogens (tertiary/aromatic N) is 3. The summed E-state index contributed by atoms with van der Waals surface area (Å²) in [5, 5.41) is 11.4. The largest absolute Gasteiger partial charge is 0.437 e. The minimum Gasteiger partial charge on any atom is -0.437 e. The molecule has 6 nitrogen and oxygen atoms in total. The highest BCUT2D eigenvalue weighted by atomic mass is 16.5. The lowest BCUT2D eigenvalue weighted by molar-refractivity contribution is 0.318. The molecule has 0 aliphatic heterocycles. The van der Waals surface area contributed by atoms with Crippen LogP contribution in [0, 0.1) is 0 Å². The zero-order valence-corrected chi connectivity index (χ0v) is 8.82. The van der Waals surface area contributed by atoms with Crippen LogP contribution in [0.4, 0.5) is 0 Å². The van der Waals surface area contributed by atoms with Gasteiger partial charge in [0.1, 0.15) is 11.4 Å². The lowest BCUT2D eigenvalue weighted by atomic mass is 10.3. The fourth-order valence-electron chi connectivity index (χ4n) is 1.19. The third-order valence-corrected chi connectivity index (χ3v) is 1.95. The average Bonchev–Trinajstić information content (AvgIpc) is 2.39. The standard InChI is InChI=1S/C11H10N4O2/c12-11(15-16)9-4-1-5-10(14-9)17-8-3-2-6-13-7-8/h1-7,16H,(H2,12,15). The number of rotatable bonds is 3. The quantitative estimate of drug-likeness (QED) is 0.359. The summed E-state index contributed by atoms with van der Waals surface area (Å²) in [7, 11) is 0. The number of hydrogen-bond donors (Lipinski definition) is 2. The van der Waals surface area contributed by atoms with E-state index in [4.69, 9.17) is 15.7 Å². The number of hydrogen-bond acceptors (Lipinski definition) is 5. The molecule has 17 heavy (non-hydrogen) atoms. The lowest BCUT2D eigenvalue weighted by Crippen LogP contribution is -2.14. The molecule has 0 fully saturated rings. The van der Waals surface area contributed by atoms with E-state index in [2.05, 4.69) is 15.1 Å². The molecule has 0 aliphatic rings. The van der Waals surface area contributed by atoms with Crippen molar-refractivity contribution in [2.24, 2.45) is 10.9 Å². The number of ether oxygens (including phenoxy) is 1. The van der Waals surface area contributed by atoms with Crippen LogP contribution < -0.4 is 10.5 Å². The van der Waals surface area contributed by atoms with Gasteiger partial charge in [0.2, 0.25) is 5.88 Å². The molecular weight excluding hydrogens is 220 g/mol. The van der Waals surface area contributed by atoms with Crippen LogP contribution in [0.3, 0.4) is 0 Å². The third kappa shape index (κ3) is 2.69. The Kier molecular flexibility index (Phi) is 3.15. The van der Waals surface area contributed by atoms with Crippen LogP contribution in [0.25, 0.3) is 0 Å². The summed E-state index contributed by atoms with van der Waals surface area (Å²) < 4.78 is 5.45. The second-order valence-electron chi connectivity index (χ2n) is 3.14. The van der Waals surface area contributed by atoms with Gasteiger partial charge >= 0.3 is 0 Å². The van der Waals surface area contributed by atoms with E-state index in [1.807, 2.05) is 0 Å². The molecule has 0 saturated heterocycles. The second-order valence-corrected chi connectivity index (χ2v) is 3.14. The normalized spacial score (nSPS) is 11.2. The number of nitrogens with two attached hydrogens (primary N) is 1. The van der Waals surface area contributed by atoms with Crippen molar-refractivity contribution in [1.82, 2.24) is 9.97 Å². The molecule has 0 aromatic carbocycles. The van der Waals surface area contributed by atoms with Gasteiger partial charge in [-0.15, -0.1) is 0 Å². The molecule has 2 aromatic heterocycles. The maximum atomic E-state index is 8.54. The maximum absolute atomic E-state index is 8.54. The molecule has 2 rings (SSSR count). The Morgan fingerprint density at radius 3 is 2.88 bits per heavy atom. The first kappa shape index (κ1) is 10.9. The van der Waals surface area contributed by atoms with E-state index in [-0.39, 0.29) is 5.84 Å². The summed E-state index contributed by atoms with van der Waals surface area (Å²) in [6, 6.07) is 8.49. The molecule has 0 bridgehead atoms. The highest BCUT2D eigenvalue weighted by Crippen LogP contribution is 2.17.